The molecule has 9 heteroatoms. The first kappa shape index (κ1) is 23.3. The molecule has 36 heavy (non-hydrogen) atoms. The molecule has 0 saturated heterocycles. The number of pyridine rings is 1. The number of benzene rings is 2. The van der Waals surface area contributed by atoms with Crippen LogP contribution in [-0.2, 0) is 13.6 Å². The summed E-state index contributed by atoms with van der Waals surface area (Å²) < 4.78 is 2.73. The molecule has 3 heterocycles. The lowest BCUT2D eigenvalue weighted by Gasteiger charge is -2.15. The highest BCUT2D eigenvalue weighted by Gasteiger charge is 2.17. The van der Waals surface area contributed by atoms with Crippen LogP contribution in [0.25, 0.3) is 10.1 Å². The van der Waals surface area contributed by atoms with E-state index in [0.29, 0.717) is 29.2 Å². The fourth-order valence-electron chi connectivity index (χ4n) is 3.82. The molecule has 5 rings (SSSR count). The predicted molar refractivity (Wildman–Crippen MR) is 143 cm³/mol. The summed E-state index contributed by atoms with van der Waals surface area (Å²) in [6, 6.07) is 19.0. The zero-order chi connectivity index (χ0) is 25.1. The molecule has 0 spiro atoms. The summed E-state index contributed by atoms with van der Waals surface area (Å²) in [5.41, 5.74) is 4.06. The lowest BCUT2D eigenvalue weighted by atomic mass is 10.1. The van der Waals surface area contributed by atoms with E-state index in [1.54, 1.807) is 16.9 Å². The maximum Gasteiger partial charge on any atom is 0.257 e. The van der Waals surface area contributed by atoms with Crippen molar-refractivity contribution in [2.24, 2.45) is 7.05 Å². The SMILES string of the molecule is Cc1ccccc1Nc1ncc(C(=O)NCc2ccnn2C)cc1NC(=O)c1csc2ccccc12. The van der Waals surface area contributed by atoms with Crippen molar-refractivity contribution in [3.8, 4) is 0 Å². The Labute approximate surface area is 212 Å². The van der Waals surface area contributed by atoms with Crippen LogP contribution >= 0.6 is 11.3 Å². The Morgan fingerprint density at radius 2 is 1.81 bits per heavy atom. The molecule has 0 unspecified atom stereocenters. The number of aryl methyl sites for hydroxylation is 2. The van der Waals surface area contributed by atoms with Crippen molar-refractivity contribution in [1.82, 2.24) is 20.1 Å². The second-order valence-electron chi connectivity index (χ2n) is 8.29. The predicted octanol–water partition coefficient (Wildman–Crippen LogP) is 5.26. The van der Waals surface area contributed by atoms with E-state index in [1.807, 2.05) is 73.9 Å². The van der Waals surface area contributed by atoms with Crippen LogP contribution in [0.2, 0.25) is 0 Å². The highest BCUT2D eigenvalue weighted by Crippen LogP contribution is 2.29. The molecule has 0 saturated carbocycles. The van der Waals surface area contributed by atoms with E-state index in [1.165, 1.54) is 17.5 Å². The minimum atomic E-state index is -0.303. The number of fused-ring (bicyclic) bond motifs is 1. The first-order chi connectivity index (χ1) is 17.5. The van der Waals surface area contributed by atoms with E-state index < -0.39 is 0 Å². The molecule has 0 fully saturated rings. The third kappa shape index (κ3) is 4.82. The molecule has 3 aromatic heterocycles. The number of para-hydroxylation sites is 1. The van der Waals surface area contributed by atoms with E-state index in [9.17, 15) is 9.59 Å². The molecule has 5 aromatic rings. The van der Waals surface area contributed by atoms with Gasteiger partial charge in [-0.05, 0) is 36.8 Å². The Hall–Kier alpha value is -4.50. The molecule has 0 aliphatic heterocycles. The molecule has 0 radical (unpaired) electrons. The number of hydrogen-bond acceptors (Lipinski definition) is 6. The zero-order valence-corrected chi connectivity index (χ0v) is 20.6. The van der Waals surface area contributed by atoms with Gasteiger partial charge in [-0.1, -0.05) is 36.4 Å². The number of hydrogen-bond donors (Lipinski definition) is 3. The summed E-state index contributed by atoms with van der Waals surface area (Å²) in [5, 5.41) is 16.0. The molecular weight excluding hydrogens is 472 g/mol. The van der Waals surface area contributed by atoms with Crippen molar-refractivity contribution in [3.05, 3.63) is 101 Å². The first-order valence-corrected chi connectivity index (χ1v) is 12.2. The number of carbonyl (C=O) groups is 2. The molecule has 0 aliphatic carbocycles. The summed E-state index contributed by atoms with van der Waals surface area (Å²) >= 11 is 1.51. The van der Waals surface area contributed by atoms with Gasteiger partial charge in [-0.15, -0.1) is 11.3 Å². The molecule has 2 amide bonds. The fraction of sp³-hybridized carbons (Fsp3) is 0.111. The Bertz CT molecular complexity index is 1570. The van der Waals surface area contributed by atoms with Gasteiger partial charge in [0.2, 0.25) is 0 Å². The van der Waals surface area contributed by atoms with Crippen molar-refractivity contribution in [2.45, 2.75) is 13.5 Å². The van der Waals surface area contributed by atoms with E-state index in [0.717, 1.165) is 27.0 Å². The second kappa shape index (κ2) is 10.0. The monoisotopic (exact) mass is 496 g/mol. The molecule has 3 N–H and O–H groups in total. The number of rotatable bonds is 7. The van der Waals surface area contributed by atoms with E-state index >= 15 is 0 Å². The number of nitrogens with zero attached hydrogens (tertiary/aromatic N) is 3. The maximum absolute atomic E-state index is 13.3. The Kier molecular flexibility index (Phi) is 6.46. The quantitative estimate of drug-likeness (QED) is 0.285. The largest absolute Gasteiger partial charge is 0.346 e. The summed E-state index contributed by atoms with van der Waals surface area (Å²) in [4.78, 5) is 30.7. The van der Waals surface area contributed by atoms with Crippen LogP contribution in [0.4, 0.5) is 17.2 Å². The van der Waals surface area contributed by atoms with E-state index in [-0.39, 0.29) is 11.8 Å². The minimum absolute atomic E-state index is 0.269. The highest BCUT2D eigenvalue weighted by atomic mass is 32.1. The Morgan fingerprint density at radius 1 is 1.00 bits per heavy atom. The summed E-state index contributed by atoms with van der Waals surface area (Å²) in [5.74, 6) is -0.127. The summed E-state index contributed by atoms with van der Waals surface area (Å²) in [6.07, 6.45) is 3.17. The Morgan fingerprint density at radius 3 is 2.61 bits per heavy atom. The van der Waals surface area contributed by atoms with E-state index in [2.05, 4.69) is 26.0 Å². The third-order valence-electron chi connectivity index (χ3n) is 5.87. The number of amides is 2. The summed E-state index contributed by atoms with van der Waals surface area (Å²) in [6.45, 7) is 2.31. The van der Waals surface area contributed by atoms with Gasteiger partial charge in [0.25, 0.3) is 11.8 Å². The number of aromatic nitrogens is 3. The van der Waals surface area contributed by atoms with Gasteiger partial charge in [0, 0.05) is 40.6 Å². The molecule has 2 aromatic carbocycles. The molecular formula is C27H24N6O2S. The van der Waals surface area contributed by atoms with Crippen LogP contribution in [0, 0.1) is 6.92 Å². The van der Waals surface area contributed by atoms with Crippen LogP contribution < -0.4 is 16.0 Å². The maximum atomic E-state index is 13.3. The van der Waals surface area contributed by atoms with Crippen LogP contribution in [0.5, 0.6) is 0 Å². The number of carbonyl (C=O) groups excluding carboxylic acids is 2. The first-order valence-electron chi connectivity index (χ1n) is 11.3. The van der Waals surface area contributed by atoms with Crippen molar-refractivity contribution < 1.29 is 9.59 Å². The van der Waals surface area contributed by atoms with Crippen molar-refractivity contribution in [3.63, 3.8) is 0 Å². The van der Waals surface area contributed by atoms with Gasteiger partial charge in [-0.2, -0.15) is 5.10 Å². The van der Waals surface area contributed by atoms with Crippen LogP contribution in [0.3, 0.4) is 0 Å². The second-order valence-corrected chi connectivity index (χ2v) is 9.20. The number of anilines is 3. The lowest BCUT2D eigenvalue weighted by Crippen LogP contribution is -2.24. The van der Waals surface area contributed by atoms with Crippen molar-refractivity contribution in [1.29, 1.82) is 0 Å². The smallest absolute Gasteiger partial charge is 0.257 e. The average Bonchev–Trinajstić information content (AvgIpc) is 3.50. The Balaban J connectivity index is 1.44. The third-order valence-corrected chi connectivity index (χ3v) is 6.84. The van der Waals surface area contributed by atoms with Crippen LogP contribution in [0.15, 0.2) is 78.4 Å². The van der Waals surface area contributed by atoms with Gasteiger partial charge in [0.1, 0.15) is 0 Å². The van der Waals surface area contributed by atoms with E-state index in [4.69, 9.17) is 0 Å². The van der Waals surface area contributed by atoms with Gasteiger partial charge in [-0.25, -0.2) is 4.98 Å². The van der Waals surface area contributed by atoms with Gasteiger partial charge in [0.15, 0.2) is 5.82 Å². The number of thiophene rings is 1. The average molecular weight is 497 g/mol. The normalized spacial score (nSPS) is 10.8. The van der Waals surface area contributed by atoms with Gasteiger partial charge < -0.3 is 16.0 Å². The number of nitrogens with one attached hydrogen (secondary N) is 3. The minimum Gasteiger partial charge on any atom is -0.346 e. The van der Waals surface area contributed by atoms with Gasteiger partial charge in [0.05, 0.1) is 29.1 Å². The van der Waals surface area contributed by atoms with Crippen LogP contribution in [0.1, 0.15) is 32.0 Å². The molecule has 0 bridgehead atoms. The van der Waals surface area contributed by atoms with Gasteiger partial charge in [-0.3, -0.25) is 14.3 Å². The fourth-order valence-corrected chi connectivity index (χ4v) is 4.76. The molecule has 180 valence electrons. The highest BCUT2D eigenvalue weighted by molar-refractivity contribution is 7.17. The molecule has 0 atom stereocenters. The topological polar surface area (TPSA) is 101 Å². The molecule has 8 nitrogen and oxygen atoms in total. The lowest BCUT2D eigenvalue weighted by molar-refractivity contribution is 0.0948. The van der Waals surface area contributed by atoms with Gasteiger partial charge >= 0.3 is 0 Å². The molecule has 0 aliphatic rings. The van der Waals surface area contributed by atoms with Crippen LogP contribution in [-0.4, -0.2) is 26.6 Å². The summed E-state index contributed by atoms with van der Waals surface area (Å²) in [7, 11) is 1.82. The van der Waals surface area contributed by atoms with Crippen molar-refractivity contribution >= 4 is 50.4 Å². The standard InChI is InChI=1S/C27H24N6O2S/c1-17-7-3-5-9-22(17)31-25-23(32-27(35)21-16-36-24-10-6-4-8-20(21)24)13-18(14-28-25)26(34)29-15-19-11-12-30-33(19)2/h3-14,16H,15H2,1-2H3,(H,28,31)(H,29,34)(H,32,35). The van der Waals surface area contributed by atoms with Crippen molar-refractivity contribution in [2.75, 3.05) is 10.6 Å². The zero-order valence-electron chi connectivity index (χ0n) is 19.8.